The van der Waals surface area contributed by atoms with Crippen LogP contribution in [0.4, 0.5) is 0 Å². The Morgan fingerprint density at radius 2 is 0.947 bits per heavy atom. The minimum atomic E-state index is 0.792. The Morgan fingerprint density at radius 3 is 1.16 bits per heavy atom. The number of rotatable bonds is 0. The molecule has 2 rings (SSSR count). The summed E-state index contributed by atoms with van der Waals surface area (Å²) in [6.07, 6.45) is 1.57. The summed E-state index contributed by atoms with van der Waals surface area (Å²) in [4.78, 5) is 19.9. The van der Waals surface area contributed by atoms with E-state index in [2.05, 4.69) is 24.9 Å². The average molecular weight is 261 g/mol. The van der Waals surface area contributed by atoms with Gasteiger partial charge in [0.1, 0.15) is 23.8 Å². The lowest BCUT2D eigenvalue weighted by Gasteiger charge is -1.94. The van der Waals surface area contributed by atoms with Crippen molar-refractivity contribution < 1.29 is 0 Å². The summed E-state index contributed by atoms with van der Waals surface area (Å²) in [6, 6.07) is 1.94. The third kappa shape index (κ3) is 7.91. The number of aromatic nitrogens is 5. The van der Waals surface area contributed by atoms with Gasteiger partial charge in [-0.3, -0.25) is 0 Å². The molecule has 19 heavy (non-hydrogen) atoms. The van der Waals surface area contributed by atoms with E-state index in [4.69, 9.17) is 0 Å². The molecule has 2 heterocycles. The van der Waals surface area contributed by atoms with Crippen molar-refractivity contribution in [2.24, 2.45) is 0 Å². The van der Waals surface area contributed by atoms with Gasteiger partial charge < -0.3 is 0 Å². The number of aryl methyl sites for hydroxylation is 5. The highest BCUT2D eigenvalue weighted by molar-refractivity contribution is 5.03. The van der Waals surface area contributed by atoms with E-state index in [-0.39, 0.29) is 0 Å². The van der Waals surface area contributed by atoms with E-state index in [1.165, 1.54) is 0 Å². The minimum Gasteiger partial charge on any atom is -0.242 e. The smallest absolute Gasteiger partial charge is 0.129 e. The highest BCUT2D eigenvalue weighted by atomic mass is 15.0. The Hall–Kier alpha value is -1.91. The first kappa shape index (κ1) is 17.1. The van der Waals surface area contributed by atoms with Gasteiger partial charge in [-0.1, -0.05) is 13.8 Å². The van der Waals surface area contributed by atoms with Crippen molar-refractivity contribution in [1.29, 1.82) is 0 Å². The van der Waals surface area contributed by atoms with E-state index in [1.54, 1.807) is 6.33 Å². The van der Waals surface area contributed by atoms with Gasteiger partial charge in [-0.15, -0.1) is 0 Å². The van der Waals surface area contributed by atoms with Crippen molar-refractivity contribution in [3.8, 4) is 0 Å². The summed E-state index contributed by atoms with van der Waals surface area (Å²) in [7, 11) is 0. The summed E-state index contributed by atoms with van der Waals surface area (Å²) in [5, 5.41) is 0. The van der Waals surface area contributed by atoms with Gasteiger partial charge in [-0.05, 0) is 40.7 Å². The van der Waals surface area contributed by atoms with Gasteiger partial charge in [0.05, 0.1) is 0 Å². The van der Waals surface area contributed by atoms with E-state index >= 15 is 0 Å². The van der Waals surface area contributed by atoms with Crippen LogP contribution in [0.25, 0.3) is 0 Å². The molecule has 0 N–H and O–H groups in total. The van der Waals surface area contributed by atoms with E-state index < -0.39 is 0 Å². The van der Waals surface area contributed by atoms with Crippen molar-refractivity contribution in [3.05, 3.63) is 41.3 Å². The van der Waals surface area contributed by atoms with Gasteiger partial charge in [-0.25, -0.2) is 24.9 Å². The molecule has 0 saturated carbocycles. The molecule has 0 aliphatic rings. The fourth-order valence-corrected chi connectivity index (χ4v) is 1.37. The topological polar surface area (TPSA) is 64.5 Å². The molecular weight excluding hydrogens is 238 g/mol. The van der Waals surface area contributed by atoms with Gasteiger partial charge in [0.15, 0.2) is 0 Å². The van der Waals surface area contributed by atoms with Crippen LogP contribution in [0, 0.1) is 34.6 Å². The predicted octanol–water partition coefficient (Wildman–Crippen LogP) is 2.92. The van der Waals surface area contributed by atoms with Crippen molar-refractivity contribution in [1.82, 2.24) is 24.9 Å². The van der Waals surface area contributed by atoms with Crippen LogP contribution >= 0.6 is 0 Å². The normalized spacial score (nSPS) is 8.79. The fraction of sp³-hybridized carbons (Fsp3) is 0.500. The van der Waals surface area contributed by atoms with Gasteiger partial charge >= 0.3 is 0 Å². The van der Waals surface area contributed by atoms with E-state index in [9.17, 15) is 0 Å². The second-order valence-electron chi connectivity index (χ2n) is 3.78. The molecule has 5 nitrogen and oxygen atoms in total. The standard InChI is InChI=1S/C6H9N3.C6H8N2.C2H6/c1-4-7-5(2)9-6(3)8-4;1-5-3-6(2)8-4-7-5;1-2/h1-3H3;3-4H,1-2H3;1-2H3. The summed E-state index contributed by atoms with van der Waals surface area (Å²) < 4.78 is 0. The Kier molecular flexibility index (Phi) is 8.17. The summed E-state index contributed by atoms with van der Waals surface area (Å²) >= 11 is 0. The minimum absolute atomic E-state index is 0.792. The second kappa shape index (κ2) is 9.08. The quantitative estimate of drug-likeness (QED) is 0.729. The van der Waals surface area contributed by atoms with Crippen molar-refractivity contribution in [2.45, 2.75) is 48.5 Å². The first-order valence-corrected chi connectivity index (χ1v) is 6.38. The van der Waals surface area contributed by atoms with Crippen molar-refractivity contribution >= 4 is 0 Å². The number of nitrogens with zero attached hydrogens (tertiary/aromatic N) is 5. The first-order chi connectivity index (χ1) is 8.97. The molecule has 0 fully saturated rings. The number of hydrogen-bond donors (Lipinski definition) is 0. The zero-order valence-electron chi connectivity index (χ0n) is 12.9. The van der Waals surface area contributed by atoms with Crippen LogP contribution in [0.2, 0.25) is 0 Å². The first-order valence-electron chi connectivity index (χ1n) is 6.38. The van der Waals surface area contributed by atoms with Crippen molar-refractivity contribution in [3.63, 3.8) is 0 Å². The molecule has 0 saturated heterocycles. The van der Waals surface area contributed by atoms with Crippen LogP contribution < -0.4 is 0 Å². The lowest BCUT2D eigenvalue weighted by atomic mass is 10.4. The summed E-state index contributed by atoms with van der Waals surface area (Å²) in [6.45, 7) is 13.5. The summed E-state index contributed by atoms with van der Waals surface area (Å²) in [5.41, 5.74) is 2.05. The van der Waals surface area contributed by atoms with Crippen LogP contribution in [0.5, 0.6) is 0 Å². The molecule has 0 unspecified atom stereocenters. The van der Waals surface area contributed by atoms with Gasteiger partial charge in [0.2, 0.25) is 0 Å². The molecule has 104 valence electrons. The molecule has 2 aromatic heterocycles. The largest absolute Gasteiger partial charge is 0.242 e. The molecule has 0 aromatic carbocycles. The van der Waals surface area contributed by atoms with Crippen LogP contribution in [-0.2, 0) is 0 Å². The van der Waals surface area contributed by atoms with Gasteiger partial charge in [-0.2, -0.15) is 0 Å². The molecule has 0 bridgehead atoms. The van der Waals surface area contributed by atoms with Gasteiger partial charge in [0, 0.05) is 11.4 Å². The fourth-order valence-electron chi connectivity index (χ4n) is 1.37. The van der Waals surface area contributed by atoms with Crippen LogP contribution in [0.3, 0.4) is 0 Å². The number of hydrogen-bond acceptors (Lipinski definition) is 5. The third-order valence-electron chi connectivity index (χ3n) is 1.91. The molecule has 0 amide bonds. The van der Waals surface area contributed by atoms with Crippen molar-refractivity contribution in [2.75, 3.05) is 0 Å². The van der Waals surface area contributed by atoms with E-state index in [0.717, 1.165) is 28.9 Å². The maximum Gasteiger partial charge on any atom is 0.129 e. The lowest BCUT2D eigenvalue weighted by Crippen LogP contribution is -1.97. The molecular formula is C14H23N5. The average Bonchev–Trinajstić information content (AvgIpc) is 2.30. The third-order valence-corrected chi connectivity index (χ3v) is 1.91. The summed E-state index contributed by atoms with van der Waals surface area (Å²) in [5.74, 6) is 2.38. The lowest BCUT2D eigenvalue weighted by molar-refractivity contribution is 0.875. The second-order valence-corrected chi connectivity index (χ2v) is 3.78. The molecule has 5 heteroatoms. The monoisotopic (exact) mass is 261 g/mol. The predicted molar refractivity (Wildman–Crippen MR) is 76.9 cm³/mol. The molecule has 2 aromatic rings. The van der Waals surface area contributed by atoms with E-state index in [1.807, 2.05) is 54.5 Å². The Labute approximate surface area is 115 Å². The molecule has 0 radical (unpaired) electrons. The zero-order chi connectivity index (χ0) is 14.8. The molecule has 0 atom stereocenters. The van der Waals surface area contributed by atoms with Crippen LogP contribution in [0.15, 0.2) is 12.4 Å². The molecule has 0 aliphatic heterocycles. The maximum atomic E-state index is 4.01. The highest BCUT2D eigenvalue weighted by Gasteiger charge is 1.91. The molecule has 0 aliphatic carbocycles. The highest BCUT2D eigenvalue weighted by Crippen LogP contribution is 1.91. The Balaban J connectivity index is 0.000000303. The Morgan fingerprint density at radius 1 is 0.632 bits per heavy atom. The molecule has 0 spiro atoms. The Bertz CT molecular complexity index is 429. The van der Waals surface area contributed by atoms with Gasteiger partial charge in [0.25, 0.3) is 0 Å². The SMILES string of the molecule is CC.Cc1cc(C)ncn1.Cc1nc(C)nc(C)n1. The maximum absolute atomic E-state index is 4.01. The van der Waals surface area contributed by atoms with E-state index in [0.29, 0.717) is 0 Å². The van der Waals surface area contributed by atoms with Crippen LogP contribution in [0.1, 0.15) is 42.7 Å². The zero-order valence-corrected chi connectivity index (χ0v) is 12.9. The van der Waals surface area contributed by atoms with Crippen LogP contribution in [-0.4, -0.2) is 24.9 Å².